The van der Waals surface area contributed by atoms with Gasteiger partial charge < -0.3 is 14.8 Å². The van der Waals surface area contributed by atoms with Crippen LogP contribution in [-0.4, -0.2) is 34.8 Å². The predicted octanol–water partition coefficient (Wildman–Crippen LogP) is 5.02. The molecule has 8 nitrogen and oxygen atoms in total. The molecule has 0 saturated heterocycles. The Morgan fingerprint density at radius 2 is 1.88 bits per heavy atom. The van der Waals surface area contributed by atoms with Crippen molar-refractivity contribution >= 4 is 51.5 Å². The van der Waals surface area contributed by atoms with Crippen LogP contribution in [0.2, 0.25) is 10.0 Å². The van der Waals surface area contributed by atoms with Crippen molar-refractivity contribution in [3.8, 4) is 22.1 Å². The van der Waals surface area contributed by atoms with Gasteiger partial charge in [-0.15, -0.1) is 10.2 Å². The second kappa shape index (κ2) is 9.94. The van der Waals surface area contributed by atoms with Crippen LogP contribution in [0.15, 0.2) is 36.4 Å². The molecule has 1 aliphatic heterocycles. The Kier molecular flexibility index (Phi) is 7.02. The van der Waals surface area contributed by atoms with Crippen LogP contribution < -0.4 is 20.1 Å². The van der Waals surface area contributed by atoms with Crippen molar-refractivity contribution in [2.45, 2.75) is 26.3 Å². The van der Waals surface area contributed by atoms with E-state index in [0.29, 0.717) is 38.6 Å². The summed E-state index contributed by atoms with van der Waals surface area (Å²) in [6.07, 6.45) is 0.679. The van der Waals surface area contributed by atoms with Crippen molar-refractivity contribution in [2.24, 2.45) is 5.92 Å². The van der Waals surface area contributed by atoms with E-state index in [2.05, 4.69) is 20.8 Å². The summed E-state index contributed by atoms with van der Waals surface area (Å²) in [6, 6.07) is 9.23. The first kappa shape index (κ1) is 23.3. The maximum absolute atomic E-state index is 13.0. The highest BCUT2D eigenvalue weighted by atomic mass is 35.5. The predicted molar refractivity (Wildman–Crippen MR) is 127 cm³/mol. The number of aromatic nitrogens is 2. The fourth-order valence-electron chi connectivity index (χ4n) is 3.17. The molecule has 11 heteroatoms. The molecule has 172 valence electrons. The third-order valence-electron chi connectivity index (χ3n) is 5.24. The van der Waals surface area contributed by atoms with E-state index in [9.17, 15) is 9.59 Å². The molecule has 2 heterocycles. The molecule has 0 bridgehead atoms. The molecule has 0 fully saturated rings. The van der Waals surface area contributed by atoms with E-state index in [-0.39, 0.29) is 23.6 Å². The summed E-state index contributed by atoms with van der Waals surface area (Å²) in [5, 5.41) is 15.3. The zero-order chi connectivity index (χ0) is 23.5. The molecule has 2 amide bonds. The number of nitrogens with one attached hydrogen (secondary N) is 2. The van der Waals surface area contributed by atoms with E-state index in [4.69, 9.17) is 32.7 Å². The molecular formula is C22H20Cl2N4O4S. The third-order valence-corrected chi connectivity index (χ3v) is 6.87. The maximum atomic E-state index is 13.0. The van der Waals surface area contributed by atoms with E-state index in [1.54, 1.807) is 12.1 Å². The van der Waals surface area contributed by atoms with Gasteiger partial charge in [0.05, 0.1) is 10.0 Å². The minimum Gasteiger partial charge on any atom is -0.454 e. The SMILES string of the molecule is CCC(C)C(NC(=O)c1ccc(Cl)c(Cl)c1)C(=O)Nc1nnc(-c2ccc3c(c2)OCO3)s1. The number of nitrogens with zero attached hydrogens (tertiary/aromatic N) is 2. The van der Waals surface area contributed by atoms with E-state index < -0.39 is 11.9 Å². The van der Waals surface area contributed by atoms with Gasteiger partial charge in [-0.1, -0.05) is 54.8 Å². The number of hydrogen-bond donors (Lipinski definition) is 2. The van der Waals surface area contributed by atoms with Gasteiger partial charge in [0.15, 0.2) is 11.5 Å². The van der Waals surface area contributed by atoms with Crippen LogP contribution in [0.25, 0.3) is 10.6 Å². The molecule has 2 N–H and O–H groups in total. The average Bonchev–Trinajstić information content (AvgIpc) is 3.47. The minimum absolute atomic E-state index is 0.127. The second-order valence-corrected chi connectivity index (χ2v) is 9.23. The number of ether oxygens (including phenoxy) is 2. The van der Waals surface area contributed by atoms with Gasteiger partial charge in [0, 0.05) is 11.1 Å². The third kappa shape index (κ3) is 5.21. The van der Waals surface area contributed by atoms with Crippen molar-refractivity contribution in [1.29, 1.82) is 0 Å². The number of amides is 2. The highest BCUT2D eigenvalue weighted by Crippen LogP contribution is 2.37. The second-order valence-electron chi connectivity index (χ2n) is 7.44. The van der Waals surface area contributed by atoms with Gasteiger partial charge >= 0.3 is 0 Å². The van der Waals surface area contributed by atoms with Gasteiger partial charge in [-0.25, -0.2) is 0 Å². The largest absolute Gasteiger partial charge is 0.454 e. The van der Waals surface area contributed by atoms with E-state index in [1.807, 2.05) is 26.0 Å². The lowest BCUT2D eigenvalue weighted by Gasteiger charge is -2.23. The first-order valence-electron chi connectivity index (χ1n) is 10.2. The standard InChI is InChI=1S/C22H20Cl2N4O4S/c1-3-11(2)18(25-19(29)12-4-6-14(23)15(24)8-12)20(30)26-22-28-27-21(33-22)13-5-7-16-17(9-13)32-10-31-16/h4-9,11,18H,3,10H2,1-2H3,(H,25,29)(H,26,28,30). The molecule has 1 aromatic heterocycles. The van der Waals surface area contributed by atoms with Crippen LogP contribution in [0.5, 0.6) is 11.5 Å². The number of halogens is 2. The summed E-state index contributed by atoms with van der Waals surface area (Å²) in [5.41, 5.74) is 1.11. The molecule has 4 rings (SSSR count). The Hall–Kier alpha value is -2.88. The normalized spacial score (nSPS) is 13.9. The first-order valence-corrected chi connectivity index (χ1v) is 11.7. The van der Waals surface area contributed by atoms with Crippen LogP contribution >= 0.6 is 34.5 Å². The number of hydrogen-bond acceptors (Lipinski definition) is 7. The highest BCUT2D eigenvalue weighted by molar-refractivity contribution is 7.18. The van der Waals surface area contributed by atoms with Gasteiger partial charge in [0.2, 0.25) is 17.8 Å². The Labute approximate surface area is 204 Å². The molecular weight excluding hydrogens is 487 g/mol. The molecule has 0 spiro atoms. The van der Waals surface area contributed by atoms with Gasteiger partial charge in [-0.3, -0.25) is 14.9 Å². The lowest BCUT2D eigenvalue weighted by molar-refractivity contribution is -0.119. The van der Waals surface area contributed by atoms with Crippen molar-refractivity contribution < 1.29 is 19.1 Å². The maximum Gasteiger partial charge on any atom is 0.251 e. The van der Waals surface area contributed by atoms with Gasteiger partial charge in [-0.05, 0) is 42.3 Å². The average molecular weight is 507 g/mol. The molecule has 2 unspecified atom stereocenters. The van der Waals surface area contributed by atoms with Crippen LogP contribution in [0.1, 0.15) is 30.6 Å². The number of carbonyl (C=O) groups is 2. The summed E-state index contributed by atoms with van der Waals surface area (Å²) >= 11 is 13.2. The fourth-order valence-corrected chi connectivity index (χ4v) is 4.21. The van der Waals surface area contributed by atoms with Crippen molar-refractivity contribution in [2.75, 3.05) is 12.1 Å². The van der Waals surface area contributed by atoms with Crippen LogP contribution in [0.4, 0.5) is 5.13 Å². The smallest absolute Gasteiger partial charge is 0.251 e. The molecule has 3 aromatic rings. The monoisotopic (exact) mass is 506 g/mol. The van der Waals surface area contributed by atoms with Crippen LogP contribution in [0, 0.1) is 5.92 Å². The summed E-state index contributed by atoms with van der Waals surface area (Å²) < 4.78 is 10.7. The molecule has 0 radical (unpaired) electrons. The number of carbonyl (C=O) groups excluding carboxylic acids is 2. The number of benzene rings is 2. The minimum atomic E-state index is -0.783. The van der Waals surface area contributed by atoms with Gasteiger partial charge in [-0.2, -0.15) is 0 Å². The Bertz CT molecular complexity index is 1200. The molecule has 0 saturated carbocycles. The lowest BCUT2D eigenvalue weighted by Crippen LogP contribution is -2.47. The van der Waals surface area contributed by atoms with E-state index >= 15 is 0 Å². The number of rotatable bonds is 7. The Morgan fingerprint density at radius 1 is 1.09 bits per heavy atom. The van der Waals surface area contributed by atoms with Crippen molar-refractivity contribution in [3.05, 3.63) is 52.0 Å². The zero-order valence-corrected chi connectivity index (χ0v) is 20.1. The molecule has 1 aliphatic rings. The summed E-state index contributed by atoms with van der Waals surface area (Å²) in [4.78, 5) is 25.8. The Morgan fingerprint density at radius 3 is 2.64 bits per heavy atom. The summed E-state index contributed by atoms with van der Waals surface area (Å²) in [6.45, 7) is 4.01. The summed E-state index contributed by atoms with van der Waals surface area (Å²) in [7, 11) is 0. The quantitative estimate of drug-likeness (QED) is 0.466. The van der Waals surface area contributed by atoms with Crippen LogP contribution in [-0.2, 0) is 4.79 Å². The summed E-state index contributed by atoms with van der Waals surface area (Å²) in [5.74, 6) is 0.373. The number of anilines is 1. The Balaban J connectivity index is 1.47. The molecule has 2 aromatic carbocycles. The van der Waals surface area contributed by atoms with E-state index in [0.717, 1.165) is 5.56 Å². The highest BCUT2D eigenvalue weighted by Gasteiger charge is 2.27. The zero-order valence-electron chi connectivity index (χ0n) is 17.7. The van der Waals surface area contributed by atoms with Crippen molar-refractivity contribution in [1.82, 2.24) is 15.5 Å². The topological polar surface area (TPSA) is 102 Å². The van der Waals surface area contributed by atoms with Crippen molar-refractivity contribution in [3.63, 3.8) is 0 Å². The van der Waals surface area contributed by atoms with Gasteiger partial charge in [0.25, 0.3) is 5.91 Å². The van der Waals surface area contributed by atoms with E-state index in [1.165, 1.54) is 23.5 Å². The van der Waals surface area contributed by atoms with Gasteiger partial charge in [0.1, 0.15) is 11.0 Å². The van der Waals surface area contributed by atoms with Crippen LogP contribution in [0.3, 0.4) is 0 Å². The lowest BCUT2D eigenvalue weighted by atomic mass is 9.98. The first-order chi connectivity index (χ1) is 15.9. The molecule has 0 aliphatic carbocycles. The fraction of sp³-hybridized carbons (Fsp3) is 0.273. The molecule has 2 atom stereocenters. The number of fused-ring (bicyclic) bond motifs is 1. The molecule has 33 heavy (non-hydrogen) atoms.